The average molecular weight is 337 g/mol. The molecule has 0 amide bonds. The molecule has 5 nitrogen and oxygen atoms in total. The van der Waals surface area contributed by atoms with E-state index in [1.165, 1.54) is 0 Å². The molecule has 2 aromatic heterocycles. The van der Waals surface area contributed by atoms with Crippen molar-refractivity contribution in [1.82, 2.24) is 19.7 Å². The van der Waals surface area contributed by atoms with E-state index in [1.54, 1.807) is 19.2 Å². The highest BCUT2D eigenvalue weighted by Crippen LogP contribution is 2.23. The van der Waals surface area contributed by atoms with Crippen LogP contribution >= 0.6 is 15.9 Å². The Morgan fingerprint density at radius 2 is 2.15 bits per heavy atom. The third-order valence-electron chi connectivity index (χ3n) is 3.08. The van der Waals surface area contributed by atoms with E-state index in [1.807, 2.05) is 18.5 Å². The largest absolute Gasteiger partial charge is 0.292 e. The SMILES string of the molecule is CCc1nn(CC)c(CC(=O)c2ccnc(C)n2)c1Br. The number of hydrogen-bond acceptors (Lipinski definition) is 4. The molecule has 0 aliphatic heterocycles. The zero-order chi connectivity index (χ0) is 14.7. The number of hydrogen-bond donors (Lipinski definition) is 0. The van der Waals surface area contributed by atoms with E-state index < -0.39 is 0 Å². The fraction of sp³-hybridized carbons (Fsp3) is 0.429. The standard InChI is InChI=1S/C14H17BrN4O/c1-4-10-14(15)12(19(5-2)18-10)8-13(20)11-6-7-16-9(3)17-11/h6-7H,4-5,8H2,1-3H3. The lowest BCUT2D eigenvalue weighted by atomic mass is 10.1. The van der Waals surface area contributed by atoms with Gasteiger partial charge in [-0.25, -0.2) is 9.97 Å². The van der Waals surface area contributed by atoms with Crippen molar-refractivity contribution >= 4 is 21.7 Å². The Morgan fingerprint density at radius 3 is 2.75 bits per heavy atom. The van der Waals surface area contributed by atoms with Crippen molar-refractivity contribution in [3.8, 4) is 0 Å². The van der Waals surface area contributed by atoms with Crippen molar-refractivity contribution in [3.05, 3.63) is 39.6 Å². The maximum atomic E-state index is 12.3. The Kier molecular flexibility index (Phi) is 4.65. The van der Waals surface area contributed by atoms with Gasteiger partial charge in [0.25, 0.3) is 0 Å². The Bertz CT molecular complexity index is 636. The van der Waals surface area contributed by atoms with Gasteiger partial charge >= 0.3 is 0 Å². The number of rotatable bonds is 5. The number of ketones is 1. The van der Waals surface area contributed by atoms with Crippen LogP contribution in [0.2, 0.25) is 0 Å². The summed E-state index contributed by atoms with van der Waals surface area (Å²) in [6, 6.07) is 1.65. The van der Waals surface area contributed by atoms with Crippen molar-refractivity contribution in [2.75, 3.05) is 0 Å². The van der Waals surface area contributed by atoms with Crippen LogP contribution in [-0.4, -0.2) is 25.5 Å². The molecule has 0 saturated heterocycles. The van der Waals surface area contributed by atoms with Crippen LogP contribution < -0.4 is 0 Å². The summed E-state index contributed by atoms with van der Waals surface area (Å²) in [5.41, 5.74) is 2.34. The molecule has 106 valence electrons. The fourth-order valence-electron chi connectivity index (χ4n) is 2.04. The summed E-state index contributed by atoms with van der Waals surface area (Å²) in [4.78, 5) is 20.5. The lowest BCUT2D eigenvalue weighted by Gasteiger charge is -2.05. The van der Waals surface area contributed by atoms with E-state index >= 15 is 0 Å². The molecule has 0 aromatic carbocycles. The summed E-state index contributed by atoms with van der Waals surface area (Å²) < 4.78 is 2.80. The Labute approximate surface area is 126 Å². The highest BCUT2D eigenvalue weighted by atomic mass is 79.9. The number of aromatic nitrogens is 4. The molecule has 2 rings (SSSR count). The second-order valence-electron chi connectivity index (χ2n) is 4.47. The Balaban J connectivity index is 2.30. The summed E-state index contributed by atoms with van der Waals surface area (Å²) in [6.45, 7) is 6.58. The van der Waals surface area contributed by atoms with Crippen molar-refractivity contribution in [2.45, 2.75) is 40.2 Å². The van der Waals surface area contributed by atoms with Gasteiger partial charge in [-0.05, 0) is 42.3 Å². The zero-order valence-corrected chi connectivity index (χ0v) is 13.4. The molecule has 0 saturated carbocycles. The molecule has 0 fully saturated rings. The molecule has 0 radical (unpaired) electrons. The molecule has 2 aromatic rings. The number of Topliss-reactive ketones (excluding diaryl/α,β-unsaturated/α-hetero) is 1. The van der Waals surface area contributed by atoms with Crippen LogP contribution in [0, 0.1) is 6.92 Å². The van der Waals surface area contributed by atoms with Crippen molar-refractivity contribution in [3.63, 3.8) is 0 Å². The summed E-state index contributed by atoms with van der Waals surface area (Å²) in [6.07, 6.45) is 2.73. The molecule has 0 atom stereocenters. The van der Waals surface area contributed by atoms with Crippen LogP contribution in [-0.2, 0) is 19.4 Å². The van der Waals surface area contributed by atoms with Gasteiger partial charge in [0.1, 0.15) is 11.5 Å². The highest BCUT2D eigenvalue weighted by Gasteiger charge is 2.18. The highest BCUT2D eigenvalue weighted by molar-refractivity contribution is 9.10. The number of aryl methyl sites for hydroxylation is 3. The van der Waals surface area contributed by atoms with E-state index in [0.29, 0.717) is 11.5 Å². The average Bonchev–Trinajstić information content (AvgIpc) is 2.75. The lowest BCUT2D eigenvalue weighted by Crippen LogP contribution is -2.12. The van der Waals surface area contributed by atoms with E-state index in [-0.39, 0.29) is 12.2 Å². The third-order valence-corrected chi connectivity index (χ3v) is 4.00. The maximum Gasteiger partial charge on any atom is 0.187 e. The zero-order valence-electron chi connectivity index (χ0n) is 11.9. The third kappa shape index (κ3) is 2.95. The number of carbonyl (C=O) groups excluding carboxylic acids is 1. The van der Waals surface area contributed by atoms with Gasteiger partial charge in [0.2, 0.25) is 0 Å². The molecule has 0 N–H and O–H groups in total. The molecule has 20 heavy (non-hydrogen) atoms. The first-order chi connectivity index (χ1) is 9.56. The maximum absolute atomic E-state index is 12.3. The van der Waals surface area contributed by atoms with Crippen molar-refractivity contribution < 1.29 is 4.79 Å². The second kappa shape index (κ2) is 6.26. The molecule has 0 unspecified atom stereocenters. The summed E-state index contributed by atoms with van der Waals surface area (Å²) in [7, 11) is 0. The quantitative estimate of drug-likeness (QED) is 0.787. The summed E-state index contributed by atoms with van der Waals surface area (Å²) in [5, 5.41) is 4.50. The Morgan fingerprint density at radius 1 is 1.40 bits per heavy atom. The van der Waals surface area contributed by atoms with Gasteiger partial charge in [0.05, 0.1) is 22.3 Å². The van der Waals surface area contributed by atoms with Crippen LogP contribution in [0.15, 0.2) is 16.7 Å². The van der Waals surface area contributed by atoms with E-state index in [0.717, 1.165) is 28.8 Å². The van der Waals surface area contributed by atoms with Crippen molar-refractivity contribution in [1.29, 1.82) is 0 Å². The normalized spacial score (nSPS) is 10.8. The van der Waals surface area contributed by atoms with Gasteiger partial charge in [0.15, 0.2) is 5.78 Å². The predicted octanol–water partition coefficient (Wildman–Crippen LogP) is 2.75. The molecule has 0 aliphatic rings. The van der Waals surface area contributed by atoms with Crippen LogP contribution in [0.3, 0.4) is 0 Å². The minimum atomic E-state index is -0.0200. The van der Waals surface area contributed by atoms with Crippen LogP contribution in [0.4, 0.5) is 0 Å². The predicted molar refractivity (Wildman–Crippen MR) is 79.8 cm³/mol. The van der Waals surface area contributed by atoms with Gasteiger partial charge in [0, 0.05) is 12.7 Å². The first kappa shape index (κ1) is 14.8. The van der Waals surface area contributed by atoms with Crippen LogP contribution in [0.1, 0.15) is 41.5 Å². The minimum Gasteiger partial charge on any atom is -0.292 e. The smallest absolute Gasteiger partial charge is 0.187 e. The number of nitrogens with zero attached hydrogens (tertiary/aromatic N) is 4. The fourth-order valence-corrected chi connectivity index (χ4v) is 2.74. The minimum absolute atomic E-state index is 0.0200. The molecule has 6 heteroatoms. The van der Waals surface area contributed by atoms with Crippen LogP contribution in [0.5, 0.6) is 0 Å². The molecule has 0 spiro atoms. The van der Waals surface area contributed by atoms with E-state index in [9.17, 15) is 4.79 Å². The molecular weight excluding hydrogens is 320 g/mol. The summed E-state index contributed by atoms with van der Waals surface area (Å²) in [5.74, 6) is 0.585. The van der Waals surface area contributed by atoms with Crippen LogP contribution in [0.25, 0.3) is 0 Å². The van der Waals surface area contributed by atoms with Gasteiger partial charge < -0.3 is 0 Å². The van der Waals surface area contributed by atoms with Gasteiger partial charge in [-0.15, -0.1) is 0 Å². The number of carbonyl (C=O) groups is 1. The lowest BCUT2D eigenvalue weighted by molar-refractivity contribution is 0.0985. The monoisotopic (exact) mass is 336 g/mol. The second-order valence-corrected chi connectivity index (χ2v) is 5.26. The topological polar surface area (TPSA) is 60.7 Å². The van der Waals surface area contributed by atoms with Gasteiger partial charge in [-0.2, -0.15) is 5.10 Å². The van der Waals surface area contributed by atoms with Gasteiger partial charge in [-0.1, -0.05) is 6.92 Å². The van der Waals surface area contributed by atoms with Crippen molar-refractivity contribution in [2.24, 2.45) is 0 Å². The summed E-state index contributed by atoms with van der Waals surface area (Å²) >= 11 is 3.55. The van der Waals surface area contributed by atoms with Gasteiger partial charge in [-0.3, -0.25) is 9.48 Å². The molecule has 2 heterocycles. The number of halogens is 1. The first-order valence-corrected chi connectivity index (χ1v) is 7.43. The Hall–Kier alpha value is -1.56. The van der Waals surface area contributed by atoms with E-state index in [2.05, 4.69) is 31.0 Å². The molecule has 0 aliphatic carbocycles. The molecular formula is C14H17BrN4O. The molecule has 0 bridgehead atoms. The van der Waals surface area contributed by atoms with E-state index in [4.69, 9.17) is 0 Å². The first-order valence-electron chi connectivity index (χ1n) is 6.63.